The fraction of sp³-hybridized carbons (Fsp3) is 0.429. The van der Waals surface area contributed by atoms with Crippen LogP contribution in [0.2, 0.25) is 0 Å². The maximum absolute atomic E-state index is 11.0. The van der Waals surface area contributed by atoms with E-state index in [0.29, 0.717) is 6.61 Å². The molecule has 2 rings (SSSR count). The third-order valence-corrected chi connectivity index (χ3v) is 1.83. The van der Waals surface area contributed by atoms with Crippen LogP contribution in [0.3, 0.4) is 0 Å². The maximum atomic E-state index is 11.0. The van der Waals surface area contributed by atoms with E-state index in [2.05, 4.69) is 10.2 Å². The van der Waals surface area contributed by atoms with Crippen molar-refractivity contribution in [2.75, 3.05) is 6.61 Å². The van der Waals surface area contributed by atoms with E-state index in [0.717, 1.165) is 12.1 Å². The summed E-state index contributed by atoms with van der Waals surface area (Å²) in [6.45, 7) is 0.530. The quantitative estimate of drug-likeness (QED) is 0.594. The van der Waals surface area contributed by atoms with Crippen molar-refractivity contribution in [3.05, 3.63) is 18.0 Å². The summed E-state index contributed by atoms with van der Waals surface area (Å²) < 4.78 is 4.80. The second-order valence-electron chi connectivity index (χ2n) is 2.52. The molecule has 0 aliphatic carbocycles. The van der Waals surface area contributed by atoms with Gasteiger partial charge in [0.1, 0.15) is 5.92 Å². The summed E-state index contributed by atoms with van der Waals surface area (Å²) in [6.07, 6.45) is 2.40. The largest absolute Gasteiger partial charge is 0.465 e. The van der Waals surface area contributed by atoms with Gasteiger partial charge >= 0.3 is 5.97 Å². The third kappa shape index (κ3) is 1.00. The minimum atomic E-state index is -0.144. The van der Waals surface area contributed by atoms with Gasteiger partial charge in [-0.3, -0.25) is 9.89 Å². The van der Waals surface area contributed by atoms with E-state index in [1.54, 1.807) is 12.3 Å². The molecule has 0 radical (unpaired) electrons. The van der Waals surface area contributed by atoms with Crippen LogP contribution in [0, 0.1) is 0 Å². The Labute approximate surface area is 63.6 Å². The highest BCUT2D eigenvalue weighted by Gasteiger charge is 2.28. The number of nitrogens with zero attached hydrogens (tertiary/aromatic N) is 1. The molecule has 1 unspecified atom stereocenters. The molecule has 4 nitrogen and oxygen atoms in total. The number of carbonyl (C=O) groups excluding carboxylic acids is 1. The van der Waals surface area contributed by atoms with Crippen LogP contribution in [0.5, 0.6) is 0 Å². The molecular formula is C7H8N2O2. The number of ether oxygens (including phenoxy) is 1. The highest BCUT2D eigenvalue weighted by Crippen LogP contribution is 2.23. The molecule has 1 aliphatic heterocycles. The first kappa shape index (κ1) is 6.39. The van der Waals surface area contributed by atoms with Gasteiger partial charge in [-0.15, -0.1) is 0 Å². The van der Waals surface area contributed by atoms with E-state index >= 15 is 0 Å². The van der Waals surface area contributed by atoms with Gasteiger partial charge in [0, 0.05) is 18.3 Å². The maximum Gasteiger partial charge on any atom is 0.315 e. The molecule has 1 aromatic rings. The standard InChI is InChI=1S/C7H8N2O2/c10-7-5(2-4-11-7)6-1-3-8-9-6/h1,3,5H,2,4H2,(H,8,9). The van der Waals surface area contributed by atoms with E-state index in [9.17, 15) is 4.79 Å². The lowest BCUT2D eigenvalue weighted by Crippen LogP contribution is -2.05. The van der Waals surface area contributed by atoms with E-state index in [1.807, 2.05) is 0 Å². The van der Waals surface area contributed by atoms with Gasteiger partial charge in [-0.1, -0.05) is 0 Å². The number of aromatic amines is 1. The van der Waals surface area contributed by atoms with Crippen LogP contribution in [0.1, 0.15) is 18.0 Å². The minimum Gasteiger partial charge on any atom is -0.465 e. The fourth-order valence-corrected chi connectivity index (χ4v) is 1.24. The molecule has 4 heteroatoms. The van der Waals surface area contributed by atoms with Crippen LogP contribution in [0.15, 0.2) is 12.3 Å². The zero-order valence-electron chi connectivity index (χ0n) is 5.91. The molecule has 11 heavy (non-hydrogen) atoms. The zero-order valence-corrected chi connectivity index (χ0v) is 5.91. The molecule has 0 saturated carbocycles. The Kier molecular flexibility index (Phi) is 1.38. The second kappa shape index (κ2) is 2.38. The smallest absolute Gasteiger partial charge is 0.315 e. The van der Waals surface area contributed by atoms with Crippen LogP contribution in [-0.4, -0.2) is 22.8 Å². The van der Waals surface area contributed by atoms with Gasteiger partial charge in [0.25, 0.3) is 0 Å². The number of nitrogens with one attached hydrogen (secondary N) is 1. The number of rotatable bonds is 1. The normalized spacial score (nSPS) is 23.6. The Morgan fingerprint density at radius 3 is 3.18 bits per heavy atom. The van der Waals surface area contributed by atoms with Crippen molar-refractivity contribution in [2.45, 2.75) is 12.3 Å². The van der Waals surface area contributed by atoms with Gasteiger partial charge < -0.3 is 4.74 Å². The van der Waals surface area contributed by atoms with E-state index in [-0.39, 0.29) is 11.9 Å². The van der Waals surface area contributed by atoms with Crippen molar-refractivity contribution in [3.63, 3.8) is 0 Å². The lowest BCUT2D eigenvalue weighted by molar-refractivity contribution is -0.139. The van der Waals surface area contributed by atoms with Gasteiger partial charge in [-0.2, -0.15) is 5.10 Å². The first-order valence-corrected chi connectivity index (χ1v) is 3.54. The average molecular weight is 152 g/mol. The summed E-state index contributed by atoms with van der Waals surface area (Å²) in [7, 11) is 0. The number of hydrogen-bond acceptors (Lipinski definition) is 3. The molecule has 0 amide bonds. The van der Waals surface area contributed by atoms with Crippen LogP contribution in [0.4, 0.5) is 0 Å². The Bertz CT molecular complexity index is 255. The molecule has 1 N–H and O–H groups in total. The average Bonchev–Trinajstić information content (AvgIpc) is 2.55. The van der Waals surface area contributed by atoms with E-state index in [1.165, 1.54) is 0 Å². The lowest BCUT2D eigenvalue weighted by atomic mass is 10.1. The highest BCUT2D eigenvalue weighted by molar-refractivity contribution is 5.79. The van der Waals surface area contributed by atoms with Crippen LogP contribution in [-0.2, 0) is 9.53 Å². The molecule has 0 aromatic carbocycles. The van der Waals surface area contributed by atoms with Crippen molar-refractivity contribution in [2.24, 2.45) is 0 Å². The molecule has 1 saturated heterocycles. The molecule has 58 valence electrons. The Hall–Kier alpha value is -1.32. The number of aromatic nitrogens is 2. The Morgan fingerprint density at radius 1 is 1.73 bits per heavy atom. The summed E-state index contributed by atoms with van der Waals surface area (Å²) in [5, 5.41) is 6.53. The summed E-state index contributed by atoms with van der Waals surface area (Å²) in [5.41, 5.74) is 0.854. The molecule has 0 spiro atoms. The molecule has 0 bridgehead atoms. The zero-order chi connectivity index (χ0) is 7.68. The summed E-state index contributed by atoms with van der Waals surface area (Å²) >= 11 is 0. The number of cyclic esters (lactones) is 1. The Morgan fingerprint density at radius 2 is 2.64 bits per heavy atom. The van der Waals surface area contributed by atoms with Gasteiger partial charge in [0.15, 0.2) is 0 Å². The second-order valence-corrected chi connectivity index (χ2v) is 2.52. The SMILES string of the molecule is O=C1OCCC1c1ccn[nH]1. The molecular weight excluding hydrogens is 144 g/mol. The first-order valence-electron chi connectivity index (χ1n) is 3.54. The Balaban J connectivity index is 2.23. The first-order chi connectivity index (χ1) is 5.38. The van der Waals surface area contributed by atoms with Crippen molar-refractivity contribution in [1.29, 1.82) is 0 Å². The van der Waals surface area contributed by atoms with Gasteiger partial charge in [0.05, 0.1) is 6.61 Å². The predicted molar refractivity (Wildman–Crippen MR) is 36.9 cm³/mol. The number of hydrogen-bond donors (Lipinski definition) is 1. The molecule has 1 atom stereocenters. The van der Waals surface area contributed by atoms with Gasteiger partial charge in [-0.25, -0.2) is 0 Å². The molecule has 1 aromatic heterocycles. The van der Waals surface area contributed by atoms with Crippen molar-refractivity contribution in [3.8, 4) is 0 Å². The number of carbonyl (C=O) groups is 1. The van der Waals surface area contributed by atoms with Crippen LogP contribution >= 0.6 is 0 Å². The molecule has 2 heterocycles. The van der Waals surface area contributed by atoms with Gasteiger partial charge in [0.2, 0.25) is 0 Å². The third-order valence-electron chi connectivity index (χ3n) is 1.83. The lowest BCUT2D eigenvalue weighted by Gasteiger charge is -1.98. The van der Waals surface area contributed by atoms with Crippen LogP contribution in [0.25, 0.3) is 0 Å². The van der Waals surface area contributed by atoms with Crippen molar-refractivity contribution in [1.82, 2.24) is 10.2 Å². The van der Waals surface area contributed by atoms with E-state index in [4.69, 9.17) is 4.74 Å². The summed E-state index contributed by atoms with van der Waals surface area (Å²) in [4.78, 5) is 11.0. The van der Waals surface area contributed by atoms with Crippen molar-refractivity contribution >= 4 is 5.97 Å². The highest BCUT2D eigenvalue weighted by atomic mass is 16.5. The number of esters is 1. The minimum absolute atomic E-state index is 0.113. The van der Waals surface area contributed by atoms with Crippen molar-refractivity contribution < 1.29 is 9.53 Å². The van der Waals surface area contributed by atoms with E-state index < -0.39 is 0 Å². The monoisotopic (exact) mass is 152 g/mol. The predicted octanol–water partition coefficient (Wildman–Crippen LogP) is 0.440. The topological polar surface area (TPSA) is 55.0 Å². The van der Waals surface area contributed by atoms with Crippen LogP contribution < -0.4 is 0 Å². The van der Waals surface area contributed by atoms with Gasteiger partial charge in [-0.05, 0) is 6.07 Å². The molecule has 1 fully saturated rings. The number of H-pyrrole nitrogens is 1. The summed E-state index contributed by atoms with van der Waals surface area (Å²) in [6, 6.07) is 1.80. The fourth-order valence-electron chi connectivity index (χ4n) is 1.24. The summed E-state index contributed by atoms with van der Waals surface area (Å²) in [5.74, 6) is -0.258. The molecule has 1 aliphatic rings.